The predicted octanol–water partition coefficient (Wildman–Crippen LogP) is 3.62. The summed E-state index contributed by atoms with van der Waals surface area (Å²) >= 11 is 0. The number of rotatable bonds is 7. The lowest BCUT2D eigenvalue weighted by molar-refractivity contribution is -0.132. The molecule has 0 saturated heterocycles. The molecule has 2 aliphatic rings. The Bertz CT molecular complexity index is 1280. The van der Waals surface area contributed by atoms with Crippen LogP contribution in [0.5, 0.6) is 0 Å². The molecule has 0 aliphatic heterocycles. The van der Waals surface area contributed by atoms with Gasteiger partial charge >= 0.3 is 12.1 Å². The largest absolute Gasteiger partial charge is 0.478 e. The van der Waals surface area contributed by atoms with Gasteiger partial charge in [-0.25, -0.2) is 9.59 Å². The smallest absolute Gasteiger partial charge is 0.407 e. The minimum absolute atomic E-state index is 0.00506. The van der Waals surface area contributed by atoms with Crippen LogP contribution in [0.1, 0.15) is 46.1 Å². The van der Waals surface area contributed by atoms with Crippen molar-refractivity contribution in [1.29, 1.82) is 0 Å². The maximum Gasteiger partial charge on any atom is 0.407 e. The molecule has 0 spiro atoms. The lowest BCUT2D eigenvalue weighted by atomic mass is 9.98. The highest BCUT2D eigenvalue weighted by Gasteiger charge is 2.29. The summed E-state index contributed by atoms with van der Waals surface area (Å²) in [7, 11) is 0. The fourth-order valence-electron chi connectivity index (χ4n) is 4.57. The quantitative estimate of drug-likeness (QED) is 0.478. The van der Waals surface area contributed by atoms with Gasteiger partial charge < -0.3 is 25.0 Å². The van der Waals surface area contributed by atoms with E-state index in [1.165, 1.54) is 6.07 Å². The van der Waals surface area contributed by atoms with Crippen LogP contribution in [-0.2, 0) is 16.1 Å². The van der Waals surface area contributed by atoms with E-state index in [1.807, 2.05) is 36.4 Å². The van der Waals surface area contributed by atoms with Crippen molar-refractivity contribution < 1.29 is 28.8 Å². The van der Waals surface area contributed by atoms with E-state index in [2.05, 4.69) is 27.9 Å². The Morgan fingerprint density at radius 3 is 2.40 bits per heavy atom. The summed E-state index contributed by atoms with van der Waals surface area (Å²) in [6.45, 7) is 0.197. The number of aliphatic carboxylic acids is 1. The molecule has 1 aromatic heterocycles. The van der Waals surface area contributed by atoms with Crippen LogP contribution >= 0.6 is 0 Å². The number of nitrogens with zero attached hydrogens (tertiary/aromatic N) is 1. The zero-order valence-electron chi connectivity index (χ0n) is 18.7. The molecule has 3 N–H and O–H groups in total. The molecule has 2 aliphatic carbocycles. The van der Waals surface area contributed by atoms with Crippen molar-refractivity contribution in [1.82, 2.24) is 15.8 Å². The summed E-state index contributed by atoms with van der Waals surface area (Å²) < 4.78 is 10.6. The molecular formula is C26H23N3O6. The van der Waals surface area contributed by atoms with Gasteiger partial charge in [-0.1, -0.05) is 59.8 Å². The Morgan fingerprint density at radius 2 is 1.74 bits per heavy atom. The van der Waals surface area contributed by atoms with Crippen molar-refractivity contribution in [2.24, 2.45) is 0 Å². The van der Waals surface area contributed by atoms with Crippen LogP contribution in [0.25, 0.3) is 11.1 Å². The number of benzene rings is 2. The number of carboxylic acids is 1. The van der Waals surface area contributed by atoms with E-state index in [9.17, 15) is 14.4 Å². The van der Waals surface area contributed by atoms with Crippen LogP contribution < -0.4 is 10.6 Å². The molecule has 0 bridgehead atoms. The molecule has 35 heavy (non-hydrogen) atoms. The van der Waals surface area contributed by atoms with Gasteiger partial charge in [0.25, 0.3) is 5.91 Å². The van der Waals surface area contributed by atoms with Crippen LogP contribution in [0.15, 0.2) is 70.8 Å². The third-order valence-electron chi connectivity index (χ3n) is 6.27. The van der Waals surface area contributed by atoms with Crippen LogP contribution in [0.3, 0.4) is 0 Å². The fourth-order valence-corrected chi connectivity index (χ4v) is 4.57. The van der Waals surface area contributed by atoms with Crippen LogP contribution in [0.4, 0.5) is 4.79 Å². The number of hydrogen-bond acceptors (Lipinski definition) is 6. The highest BCUT2D eigenvalue weighted by atomic mass is 16.5. The monoisotopic (exact) mass is 473 g/mol. The molecule has 2 amide bonds. The normalized spacial score (nSPS) is 16.2. The Labute approximate surface area is 200 Å². The summed E-state index contributed by atoms with van der Waals surface area (Å²) in [4.78, 5) is 35.7. The van der Waals surface area contributed by atoms with Crippen LogP contribution in [0, 0.1) is 0 Å². The first-order chi connectivity index (χ1) is 17.0. The van der Waals surface area contributed by atoms with Gasteiger partial charge in [0.15, 0.2) is 11.5 Å². The maximum absolute atomic E-state index is 12.4. The highest BCUT2D eigenvalue weighted by Crippen LogP contribution is 2.44. The van der Waals surface area contributed by atoms with Crippen LogP contribution in [0.2, 0.25) is 0 Å². The Morgan fingerprint density at radius 1 is 1.06 bits per heavy atom. The number of fused-ring (bicyclic) bond motifs is 3. The second-order valence-corrected chi connectivity index (χ2v) is 8.50. The molecule has 3 aromatic rings. The number of aromatic nitrogens is 1. The molecule has 1 heterocycles. The first kappa shape index (κ1) is 22.4. The number of hydrogen-bond donors (Lipinski definition) is 3. The molecule has 178 valence electrons. The van der Waals surface area contributed by atoms with Gasteiger partial charge in [-0.3, -0.25) is 4.79 Å². The van der Waals surface area contributed by atoms with E-state index in [4.69, 9.17) is 14.4 Å². The third-order valence-corrected chi connectivity index (χ3v) is 6.27. The Balaban J connectivity index is 1.12. The fraction of sp³-hybridized carbons (Fsp3) is 0.231. The van der Waals surface area contributed by atoms with Crippen molar-refractivity contribution in [3.05, 3.63) is 88.8 Å². The summed E-state index contributed by atoms with van der Waals surface area (Å²) in [5.41, 5.74) is 4.89. The number of carbonyl (C=O) groups is 3. The number of nitrogens with one attached hydrogen (secondary N) is 2. The maximum atomic E-state index is 12.4. The van der Waals surface area contributed by atoms with Crippen molar-refractivity contribution in [3.8, 4) is 11.1 Å². The molecule has 0 radical (unpaired) electrons. The van der Waals surface area contributed by atoms with Gasteiger partial charge in [0, 0.05) is 23.6 Å². The summed E-state index contributed by atoms with van der Waals surface area (Å²) in [5.74, 6) is -1.20. The van der Waals surface area contributed by atoms with E-state index in [1.54, 1.807) is 6.08 Å². The summed E-state index contributed by atoms with van der Waals surface area (Å²) in [5, 5.41) is 18.1. The summed E-state index contributed by atoms with van der Waals surface area (Å²) in [6, 6.07) is 17.3. The first-order valence-corrected chi connectivity index (χ1v) is 11.3. The van der Waals surface area contributed by atoms with E-state index < -0.39 is 18.0 Å². The minimum Gasteiger partial charge on any atom is -0.478 e. The molecule has 1 atom stereocenters. The molecule has 9 heteroatoms. The lowest BCUT2D eigenvalue weighted by Crippen LogP contribution is -2.33. The van der Waals surface area contributed by atoms with E-state index >= 15 is 0 Å². The van der Waals surface area contributed by atoms with Crippen molar-refractivity contribution in [2.45, 2.75) is 31.3 Å². The molecule has 9 nitrogen and oxygen atoms in total. The Hall–Kier alpha value is -4.40. The number of carbonyl (C=O) groups excluding carboxylic acids is 2. The van der Waals surface area contributed by atoms with Crippen molar-refractivity contribution in [2.75, 3.05) is 6.61 Å². The van der Waals surface area contributed by atoms with E-state index in [0.29, 0.717) is 12.2 Å². The predicted molar refractivity (Wildman–Crippen MR) is 125 cm³/mol. The number of carboxylic acid groups (broad SMARTS) is 1. The standard InChI is InChI=1S/C26H23N3O6/c30-24(28-16-10-9-15(11-16)25(31)32)23-12-17(35-29-23)13-27-26(33)34-14-22-20-7-3-1-5-18(20)19-6-2-4-8-21(19)22/h1-9,12,16,22H,10-11,13-14H2,(H,27,33)(H,28,30)(H,31,32). The second kappa shape index (κ2) is 9.46. The number of alkyl carbamates (subject to hydrolysis) is 1. The van der Waals surface area contributed by atoms with Gasteiger partial charge in [0.1, 0.15) is 6.61 Å². The molecule has 5 rings (SSSR count). The third kappa shape index (κ3) is 4.65. The zero-order valence-corrected chi connectivity index (χ0v) is 18.7. The minimum atomic E-state index is -0.982. The highest BCUT2D eigenvalue weighted by molar-refractivity contribution is 5.93. The average Bonchev–Trinajstić information content (AvgIpc) is 3.59. The topological polar surface area (TPSA) is 131 Å². The molecule has 2 aromatic carbocycles. The first-order valence-electron chi connectivity index (χ1n) is 11.3. The number of amides is 2. The second-order valence-electron chi connectivity index (χ2n) is 8.50. The van der Waals surface area contributed by atoms with Gasteiger partial charge in [0.05, 0.1) is 6.54 Å². The molecule has 1 unspecified atom stereocenters. The van der Waals surface area contributed by atoms with Gasteiger partial charge in [-0.15, -0.1) is 0 Å². The van der Waals surface area contributed by atoms with Crippen molar-refractivity contribution in [3.63, 3.8) is 0 Å². The Kier molecular flexibility index (Phi) is 6.05. The van der Waals surface area contributed by atoms with Gasteiger partial charge in [0.2, 0.25) is 0 Å². The average molecular weight is 473 g/mol. The number of ether oxygens (including phenoxy) is 1. The zero-order chi connectivity index (χ0) is 24.4. The van der Waals surface area contributed by atoms with Gasteiger partial charge in [-0.2, -0.15) is 0 Å². The lowest BCUT2D eigenvalue weighted by Gasteiger charge is -2.14. The molecule has 0 fully saturated rings. The van der Waals surface area contributed by atoms with Crippen LogP contribution in [-0.4, -0.2) is 40.9 Å². The molecule has 0 saturated carbocycles. The summed E-state index contributed by atoms with van der Waals surface area (Å²) in [6.07, 6.45) is 1.70. The molecular weight excluding hydrogens is 450 g/mol. The van der Waals surface area contributed by atoms with E-state index in [0.717, 1.165) is 22.3 Å². The van der Waals surface area contributed by atoms with Gasteiger partial charge in [-0.05, 0) is 35.1 Å². The van der Waals surface area contributed by atoms with Crippen molar-refractivity contribution >= 4 is 18.0 Å². The van der Waals surface area contributed by atoms with E-state index in [-0.39, 0.29) is 42.8 Å². The SMILES string of the molecule is O=C(NCc1cc(C(=O)NC2CC=C(C(=O)O)C2)no1)OCC1c2ccccc2-c2ccccc21.